The molecule has 0 N–H and O–H groups in total. The van der Waals surface area contributed by atoms with Gasteiger partial charge in [0.2, 0.25) is 0 Å². The number of methoxy groups -OCH3 is 1. The zero-order valence-electron chi connectivity index (χ0n) is 18.3. The third-order valence-electron chi connectivity index (χ3n) is 4.50. The Kier molecular flexibility index (Phi) is 9.20. The number of thioether (sulfide) groups is 1. The number of nitrogens with zero attached hydrogens (tertiary/aromatic N) is 5. The molecule has 0 aliphatic rings. The highest BCUT2D eigenvalue weighted by molar-refractivity contribution is 7.98. The molecule has 3 rings (SSSR count). The van der Waals surface area contributed by atoms with Gasteiger partial charge in [0, 0.05) is 18.4 Å². The maximum absolute atomic E-state index is 9.74. The normalized spacial score (nSPS) is 10.2. The Morgan fingerprint density at radius 1 is 1.16 bits per heavy atom. The molecule has 162 valence electrons. The van der Waals surface area contributed by atoms with Gasteiger partial charge in [0.1, 0.15) is 30.3 Å². The Morgan fingerprint density at radius 2 is 1.87 bits per heavy atom. The van der Waals surface area contributed by atoms with Gasteiger partial charge in [-0.3, -0.25) is 0 Å². The van der Waals surface area contributed by atoms with Gasteiger partial charge in [0.15, 0.2) is 5.16 Å². The lowest BCUT2D eigenvalue weighted by Crippen LogP contribution is -2.04. The van der Waals surface area contributed by atoms with Crippen molar-refractivity contribution in [2.45, 2.75) is 32.2 Å². The molecule has 0 atom stereocenters. The second kappa shape index (κ2) is 11.6. The molecule has 0 aliphatic heterocycles. The number of ether oxygens (including phenoxy) is 2. The maximum atomic E-state index is 9.74. The Hall–Kier alpha value is -2.72. The van der Waals surface area contributed by atoms with Crippen molar-refractivity contribution in [3.05, 3.63) is 35.0 Å². The van der Waals surface area contributed by atoms with E-state index in [0.29, 0.717) is 52.1 Å². The van der Waals surface area contributed by atoms with E-state index in [1.165, 1.54) is 18.9 Å². The molecule has 1 aromatic carbocycles. The van der Waals surface area contributed by atoms with Crippen LogP contribution >= 0.6 is 24.4 Å². The molecule has 0 saturated heterocycles. The van der Waals surface area contributed by atoms with E-state index in [1.54, 1.807) is 24.6 Å². The molecular formula is C22H25N5O2S2. The van der Waals surface area contributed by atoms with Crippen LogP contribution in [0.5, 0.6) is 5.75 Å². The van der Waals surface area contributed by atoms with Gasteiger partial charge in [-0.05, 0) is 43.6 Å². The SMILES string of the molecule is CCCOCn1cc(C#N)c2c(-c3cc(OC)c(C#N)cc3C)nc(SC)nc21.CS. The minimum absolute atomic E-state index is 0.311. The number of thiol groups is 1. The van der Waals surface area contributed by atoms with E-state index >= 15 is 0 Å². The van der Waals surface area contributed by atoms with Crippen molar-refractivity contribution in [2.24, 2.45) is 0 Å². The van der Waals surface area contributed by atoms with Gasteiger partial charge in [0.05, 0.1) is 29.3 Å². The summed E-state index contributed by atoms with van der Waals surface area (Å²) in [5, 5.41) is 20.4. The quantitative estimate of drug-likeness (QED) is 0.236. The van der Waals surface area contributed by atoms with Crippen LogP contribution in [-0.4, -0.2) is 40.8 Å². The molecule has 0 spiro atoms. The number of hydrogen-bond donors (Lipinski definition) is 1. The number of rotatable bonds is 7. The van der Waals surface area contributed by atoms with Gasteiger partial charge in [-0.2, -0.15) is 23.2 Å². The molecule has 9 heteroatoms. The van der Waals surface area contributed by atoms with Crippen LogP contribution in [0.4, 0.5) is 0 Å². The summed E-state index contributed by atoms with van der Waals surface area (Å²) in [5.74, 6) is 0.467. The Labute approximate surface area is 192 Å². The van der Waals surface area contributed by atoms with Gasteiger partial charge in [0.25, 0.3) is 0 Å². The van der Waals surface area contributed by atoms with E-state index in [-0.39, 0.29) is 0 Å². The van der Waals surface area contributed by atoms with Gasteiger partial charge in [-0.25, -0.2) is 9.97 Å². The zero-order valence-corrected chi connectivity index (χ0v) is 20.0. The van der Waals surface area contributed by atoms with Crippen molar-refractivity contribution in [1.29, 1.82) is 10.5 Å². The third kappa shape index (κ3) is 5.13. The molecule has 0 bridgehead atoms. The first kappa shape index (κ1) is 24.5. The van der Waals surface area contributed by atoms with Crippen LogP contribution in [0.2, 0.25) is 0 Å². The number of aryl methyl sites for hydroxylation is 1. The first-order valence-corrected chi connectivity index (χ1v) is 11.7. The summed E-state index contributed by atoms with van der Waals surface area (Å²) < 4.78 is 12.9. The molecule has 3 aromatic rings. The molecule has 0 saturated carbocycles. The second-order valence-corrected chi connectivity index (χ2v) is 7.17. The molecule has 0 amide bonds. The van der Waals surface area contributed by atoms with Crippen LogP contribution in [0.15, 0.2) is 23.5 Å². The highest BCUT2D eigenvalue weighted by Gasteiger charge is 2.21. The number of benzene rings is 1. The van der Waals surface area contributed by atoms with Crippen LogP contribution in [-0.2, 0) is 11.5 Å². The Balaban J connectivity index is 0.00000166. The van der Waals surface area contributed by atoms with Crippen molar-refractivity contribution in [2.75, 3.05) is 26.2 Å². The molecule has 0 fully saturated rings. The summed E-state index contributed by atoms with van der Waals surface area (Å²) in [6, 6.07) is 7.97. The number of nitriles is 2. The third-order valence-corrected chi connectivity index (χ3v) is 5.05. The average molecular weight is 456 g/mol. The van der Waals surface area contributed by atoms with Crippen molar-refractivity contribution in [1.82, 2.24) is 14.5 Å². The molecule has 7 nitrogen and oxygen atoms in total. The Morgan fingerprint density at radius 3 is 2.45 bits per heavy atom. The fourth-order valence-electron chi connectivity index (χ4n) is 3.14. The molecule has 0 radical (unpaired) electrons. The van der Waals surface area contributed by atoms with Crippen molar-refractivity contribution < 1.29 is 9.47 Å². The molecule has 0 unspecified atom stereocenters. The highest BCUT2D eigenvalue weighted by atomic mass is 32.2. The highest BCUT2D eigenvalue weighted by Crippen LogP contribution is 2.36. The van der Waals surface area contributed by atoms with E-state index in [2.05, 4.69) is 29.8 Å². The predicted molar refractivity (Wildman–Crippen MR) is 127 cm³/mol. The van der Waals surface area contributed by atoms with E-state index < -0.39 is 0 Å². The van der Waals surface area contributed by atoms with Crippen LogP contribution in [0.1, 0.15) is 30.0 Å². The zero-order chi connectivity index (χ0) is 23.0. The van der Waals surface area contributed by atoms with E-state index in [4.69, 9.17) is 14.5 Å². The first-order valence-electron chi connectivity index (χ1n) is 9.54. The van der Waals surface area contributed by atoms with Gasteiger partial charge in [-0.1, -0.05) is 18.7 Å². The van der Waals surface area contributed by atoms with Crippen LogP contribution in [0, 0.1) is 29.6 Å². The molecule has 0 aliphatic carbocycles. The van der Waals surface area contributed by atoms with Crippen LogP contribution in [0.3, 0.4) is 0 Å². The molecule has 31 heavy (non-hydrogen) atoms. The topological polar surface area (TPSA) is 96.8 Å². The fraction of sp³-hybridized carbons (Fsp3) is 0.364. The van der Waals surface area contributed by atoms with Crippen LogP contribution < -0.4 is 4.74 Å². The van der Waals surface area contributed by atoms with Crippen molar-refractivity contribution >= 4 is 35.4 Å². The lowest BCUT2D eigenvalue weighted by atomic mass is 9.99. The lowest BCUT2D eigenvalue weighted by molar-refractivity contribution is 0.0800. The second-order valence-electron chi connectivity index (χ2n) is 6.40. The molecular weight excluding hydrogens is 430 g/mol. The molecule has 2 aromatic heterocycles. The maximum Gasteiger partial charge on any atom is 0.189 e. The van der Waals surface area contributed by atoms with E-state index in [0.717, 1.165) is 17.5 Å². The Bertz CT molecular complexity index is 1150. The fourth-order valence-corrected chi connectivity index (χ4v) is 3.50. The summed E-state index contributed by atoms with van der Waals surface area (Å²) in [7, 11) is 1.53. The summed E-state index contributed by atoms with van der Waals surface area (Å²) in [6.45, 7) is 4.89. The summed E-state index contributed by atoms with van der Waals surface area (Å²) in [6.07, 6.45) is 6.26. The van der Waals surface area contributed by atoms with E-state index in [1.807, 2.05) is 24.7 Å². The minimum atomic E-state index is 0.311. The summed E-state index contributed by atoms with van der Waals surface area (Å²) in [4.78, 5) is 9.34. The van der Waals surface area contributed by atoms with Gasteiger partial charge >= 0.3 is 0 Å². The summed E-state index contributed by atoms with van der Waals surface area (Å²) >= 11 is 4.95. The largest absolute Gasteiger partial charge is 0.495 e. The van der Waals surface area contributed by atoms with E-state index in [9.17, 15) is 10.5 Å². The standard InChI is InChI=1S/C21H21N5O2S.CH4S/c1-5-6-28-12-26-11-15(10-23)18-19(24-21(29-4)25-20(18)26)16-8-17(27-3)14(9-22)7-13(16)2;1-2/h7-8,11H,5-6,12H2,1-4H3;2H,1H3. The van der Waals surface area contributed by atoms with Gasteiger partial charge in [-0.15, -0.1) is 0 Å². The first-order chi connectivity index (χ1) is 15.1. The van der Waals surface area contributed by atoms with Crippen LogP contribution in [0.25, 0.3) is 22.3 Å². The summed E-state index contributed by atoms with van der Waals surface area (Å²) in [5.41, 5.74) is 3.89. The number of hydrogen-bond acceptors (Lipinski definition) is 8. The smallest absolute Gasteiger partial charge is 0.189 e. The molecule has 2 heterocycles. The average Bonchev–Trinajstić information content (AvgIpc) is 3.17. The lowest BCUT2D eigenvalue weighted by Gasteiger charge is -2.12. The van der Waals surface area contributed by atoms with Gasteiger partial charge < -0.3 is 14.0 Å². The predicted octanol–water partition coefficient (Wildman–Crippen LogP) is 4.81. The number of fused-ring (bicyclic) bond motifs is 1. The number of aromatic nitrogens is 3. The van der Waals surface area contributed by atoms with Crippen molar-refractivity contribution in [3.8, 4) is 29.1 Å². The van der Waals surface area contributed by atoms with Crippen molar-refractivity contribution in [3.63, 3.8) is 0 Å². The minimum Gasteiger partial charge on any atom is -0.495 e. The monoisotopic (exact) mass is 455 g/mol.